The molecule has 0 spiro atoms. The molecule has 4 nitrogen and oxygen atoms in total. The van der Waals surface area contributed by atoms with Crippen LogP contribution in [0.15, 0.2) is 27.2 Å². The molecule has 1 heterocycles. The van der Waals surface area contributed by atoms with E-state index in [1.165, 1.54) is 0 Å². The van der Waals surface area contributed by atoms with Gasteiger partial charge in [-0.15, -0.1) is 0 Å². The van der Waals surface area contributed by atoms with E-state index in [0.29, 0.717) is 11.6 Å². The Hall–Kier alpha value is -1.36. The second-order valence-electron chi connectivity index (χ2n) is 4.72. The SMILES string of the molecule is CC1(c2noc(-c3ccc(N)c(Br)c3)n2)CC1. The third-order valence-electron chi connectivity index (χ3n) is 3.21. The zero-order chi connectivity index (χ0) is 12.0. The molecule has 0 aliphatic heterocycles. The molecule has 0 amide bonds. The molecule has 88 valence electrons. The van der Waals surface area contributed by atoms with Crippen LogP contribution in [0.25, 0.3) is 11.5 Å². The Morgan fingerprint density at radius 1 is 1.41 bits per heavy atom. The van der Waals surface area contributed by atoms with E-state index in [9.17, 15) is 0 Å². The number of hydrogen-bond acceptors (Lipinski definition) is 4. The zero-order valence-electron chi connectivity index (χ0n) is 9.40. The largest absolute Gasteiger partial charge is 0.398 e. The maximum absolute atomic E-state index is 5.74. The second-order valence-corrected chi connectivity index (χ2v) is 5.57. The summed E-state index contributed by atoms with van der Waals surface area (Å²) in [4.78, 5) is 4.45. The van der Waals surface area contributed by atoms with Crippen molar-refractivity contribution in [2.75, 3.05) is 5.73 Å². The van der Waals surface area contributed by atoms with Crippen LogP contribution >= 0.6 is 15.9 Å². The summed E-state index contributed by atoms with van der Waals surface area (Å²) in [5.74, 6) is 1.36. The Kier molecular flexibility index (Phi) is 2.26. The van der Waals surface area contributed by atoms with Crippen molar-refractivity contribution in [1.82, 2.24) is 10.1 Å². The van der Waals surface area contributed by atoms with E-state index in [2.05, 4.69) is 33.0 Å². The molecule has 0 unspecified atom stereocenters. The molecule has 2 N–H and O–H groups in total. The first-order chi connectivity index (χ1) is 8.08. The molecular weight excluding hydrogens is 282 g/mol. The maximum atomic E-state index is 5.74. The molecule has 1 aromatic carbocycles. The Balaban J connectivity index is 1.98. The fourth-order valence-electron chi connectivity index (χ4n) is 1.66. The summed E-state index contributed by atoms with van der Waals surface area (Å²) in [6.45, 7) is 2.15. The smallest absolute Gasteiger partial charge is 0.257 e. The van der Waals surface area contributed by atoms with E-state index in [4.69, 9.17) is 10.3 Å². The van der Waals surface area contributed by atoms with Crippen molar-refractivity contribution in [1.29, 1.82) is 0 Å². The van der Waals surface area contributed by atoms with Crippen molar-refractivity contribution in [3.63, 3.8) is 0 Å². The standard InChI is InChI=1S/C12H12BrN3O/c1-12(4-5-12)11-15-10(17-16-11)7-2-3-9(14)8(13)6-7/h2-3,6H,4-5,14H2,1H3. The molecule has 3 rings (SSSR count). The van der Waals surface area contributed by atoms with Crippen LogP contribution in [-0.2, 0) is 5.41 Å². The van der Waals surface area contributed by atoms with Gasteiger partial charge >= 0.3 is 0 Å². The van der Waals surface area contributed by atoms with Gasteiger partial charge in [-0.3, -0.25) is 0 Å². The minimum absolute atomic E-state index is 0.132. The van der Waals surface area contributed by atoms with Crippen LogP contribution in [0.1, 0.15) is 25.6 Å². The number of nitrogen functional groups attached to an aromatic ring is 1. The minimum Gasteiger partial charge on any atom is -0.398 e. The Morgan fingerprint density at radius 2 is 2.18 bits per heavy atom. The Labute approximate surface area is 107 Å². The Morgan fingerprint density at radius 3 is 2.82 bits per heavy atom. The lowest BCUT2D eigenvalue weighted by Crippen LogP contribution is -2.01. The average Bonchev–Trinajstić information content (AvgIpc) is 2.88. The molecular formula is C12H12BrN3O. The van der Waals surface area contributed by atoms with Gasteiger partial charge in [0.15, 0.2) is 5.82 Å². The summed E-state index contributed by atoms with van der Waals surface area (Å²) in [5, 5.41) is 4.05. The molecule has 1 aliphatic carbocycles. The fourth-order valence-corrected chi connectivity index (χ4v) is 2.04. The van der Waals surface area contributed by atoms with Gasteiger partial charge in [-0.2, -0.15) is 4.98 Å². The first-order valence-electron chi connectivity index (χ1n) is 5.48. The number of benzene rings is 1. The van der Waals surface area contributed by atoms with Gasteiger partial charge < -0.3 is 10.3 Å². The van der Waals surface area contributed by atoms with Crippen LogP contribution in [0.5, 0.6) is 0 Å². The quantitative estimate of drug-likeness (QED) is 0.864. The summed E-state index contributed by atoms with van der Waals surface area (Å²) in [6, 6.07) is 5.59. The van der Waals surface area contributed by atoms with Crippen molar-refractivity contribution in [3.05, 3.63) is 28.5 Å². The van der Waals surface area contributed by atoms with E-state index in [1.807, 2.05) is 18.2 Å². The monoisotopic (exact) mass is 293 g/mol. The Bertz CT molecular complexity index is 575. The third kappa shape index (κ3) is 1.84. The van der Waals surface area contributed by atoms with Crippen LogP contribution in [-0.4, -0.2) is 10.1 Å². The van der Waals surface area contributed by atoms with Gasteiger partial charge in [0.05, 0.1) is 0 Å². The van der Waals surface area contributed by atoms with Gasteiger partial charge in [-0.05, 0) is 47.0 Å². The number of anilines is 1. The lowest BCUT2D eigenvalue weighted by Gasteiger charge is -1.99. The van der Waals surface area contributed by atoms with E-state index < -0.39 is 0 Å². The summed E-state index contributed by atoms with van der Waals surface area (Å²) in [6.07, 6.45) is 2.27. The number of rotatable bonds is 2. The summed E-state index contributed by atoms with van der Waals surface area (Å²) >= 11 is 3.39. The predicted octanol–water partition coefficient (Wildman–Crippen LogP) is 3.13. The first kappa shape index (κ1) is 10.8. The highest BCUT2D eigenvalue weighted by Crippen LogP contribution is 2.46. The van der Waals surface area contributed by atoms with Crippen molar-refractivity contribution >= 4 is 21.6 Å². The van der Waals surface area contributed by atoms with Crippen LogP contribution < -0.4 is 5.73 Å². The molecule has 2 aromatic rings. The molecule has 17 heavy (non-hydrogen) atoms. The van der Waals surface area contributed by atoms with E-state index in [-0.39, 0.29) is 5.41 Å². The first-order valence-corrected chi connectivity index (χ1v) is 6.27. The van der Waals surface area contributed by atoms with E-state index in [1.54, 1.807) is 0 Å². The maximum Gasteiger partial charge on any atom is 0.257 e. The molecule has 1 aromatic heterocycles. The predicted molar refractivity (Wildman–Crippen MR) is 68.4 cm³/mol. The molecule has 0 bridgehead atoms. The molecule has 1 aliphatic rings. The van der Waals surface area contributed by atoms with Crippen molar-refractivity contribution < 1.29 is 4.52 Å². The van der Waals surface area contributed by atoms with Gasteiger partial charge in [0.1, 0.15) is 0 Å². The molecule has 0 atom stereocenters. The number of hydrogen-bond donors (Lipinski definition) is 1. The molecule has 1 saturated carbocycles. The van der Waals surface area contributed by atoms with Crippen LogP contribution in [0, 0.1) is 0 Å². The average molecular weight is 294 g/mol. The highest BCUT2D eigenvalue weighted by Gasteiger charge is 2.43. The third-order valence-corrected chi connectivity index (χ3v) is 3.90. The van der Waals surface area contributed by atoms with Gasteiger partial charge in [-0.1, -0.05) is 12.1 Å². The minimum atomic E-state index is 0.132. The van der Waals surface area contributed by atoms with Gasteiger partial charge in [0.2, 0.25) is 0 Å². The number of aromatic nitrogens is 2. The molecule has 0 saturated heterocycles. The van der Waals surface area contributed by atoms with Gasteiger partial charge in [-0.25, -0.2) is 0 Å². The highest BCUT2D eigenvalue weighted by atomic mass is 79.9. The lowest BCUT2D eigenvalue weighted by atomic mass is 10.1. The summed E-state index contributed by atoms with van der Waals surface area (Å²) in [5.41, 5.74) is 7.45. The fraction of sp³-hybridized carbons (Fsp3) is 0.333. The summed E-state index contributed by atoms with van der Waals surface area (Å²) in [7, 11) is 0. The summed E-state index contributed by atoms with van der Waals surface area (Å²) < 4.78 is 6.13. The zero-order valence-corrected chi connectivity index (χ0v) is 11.0. The van der Waals surface area contributed by atoms with Crippen molar-refractivity contribution in [2.45, 2.75) is 25.2 Å². The van der Waals surface area contributed by atoms with Crippen molar-refractivity contribution in [3.8, 4) is 11.5 Å². The van der Waals surface area contributed by atoms with Gasteiger partial charge in [0.25, 0.3) is 5.89 Å². The van der Waals surface area contributed by atoms with Gasteiger partial charge in [0, 0.05) is 21.1 Å². The van der Waals surface area contributed by atoms with Crippen molar-refractivity contribution in [2.24, 2.45) is 0 Å². The molecule has 1 fully saturated rings. The lowest BCUT2D eigenvalue weighted by molar-refractivity contribution is 0.416. The van der Waals surface area contributed by atoms with Crippen LogP contribution in [0.4, 0.5) is 5.69 Å². The normalized spacial score (nSPS) is 17.1. The molecule has 5 heteroatoms. The second kappa shape index (κ2) is 3.57. The highest BCUT2D eigenvalue weighted by molar-refractivity contribution is 9.10. The number of nitrogens with two attached hydrogens (primary N) is 1. The van der Waals surface area contributed by atoms with E-state index >= 15 is 0 Å². The van der Waals surface area contributed by atoms with Crippen LogP contribution in [0.2, 0.25) is 0 Å². The molecule has 0 radical (unpaired) electrons. The number of nitrogens with zero attached hydrogens (tertiary/aromatic N) is 2. The topological polar surface area (TPSA) is 64.9 Å². The van der Waals surface area contributed by atoms with E-state index in [0.717, 1.165) is 28.7 Å². The van der Waals surface area contributed by atoms with Crippen LogP contribution in [0.3, 0.4) is 0 Å². The number of halogens is 1.